The first-order chi connectivity index (χ1) is 9.34. The van der Waals surface area contributed by atoms with Crippen LogP contribution < -0.4 is 10.9 Å². The molecule has 4 heteroatoms. The summed E-state index contributed by atoms with van der Waals surface area (Å²) in [6, 6.07) is 11.7. The zero-order valence-electron chi connectivity index (χ0n) is 10.7. The smallest absolute Gasteiger partial charge is 0.254 e. The SMILES string of the molecule is O=c1cc(-c2ccccc2)ncn1C1CCNCC1. The van der Waals surface area contributed by atoms with Crippen LogP contribution in [0.25, 0.3) is 11.3 Å². The van der Waals surface area contributed by atoms with E-state index in [0.29, 0.717) is 0 Å². The fourth-order valence-electron chi connectivity index (χ4n) is 2.54. The largest absolute Gasteiger partial charge is 0.317 e. The van der Waals surface area contributed by atoms with Crippen LogP contribution in [0.3, 0.4) is 0 Å². The maximum Gasteiger partial charge on any atom is 0.254 e. The van der Waals surface area contributed by atoms with Crippen LogP contribution in [-0.2, 0) is 0 Å². The van der Waals surface area contributed by atoms with E-state index in [2.05, 4.69) is 10.3 Å². The Balaban J connectivity index is 1.92. The Morgan fingerprint density at radius 3 is 2.58 bits per heavy atom. The monoisotopic (exact) mass is 255 g/mol. The van der Waals surface area contributed by atoms with E-state index in [1.165, 1.54) is 0 Å². The van der Waals surface area contributed by atoms with Gasteiger partial charge in [0.1, 0.15) is 0 Å². The van der Waals surface area contributed by atoms with Crippen LogP contribution in [-0.4, -0.2) is 22.6 Å². The molecule has 0 bridgehead atoms. The maximum atomic E-state index is 12.2. The third kappa shape index (κ3) is 2.58. The number of hydrogen-bond donors (Lipinski definition) is 1. The molecule has 1 aliphatic rings. The predicted molar refractivity (Wildman–Crippen MR) is 75.1 cm³/mol. The molecule has 1 aromatic carbocycles. The lowest BCUT2D eigenvalue weighted by molar-refractivity contribution is 0.358. The molecule has 2 heterocycles. The average Bonchev–Trinajstić information content (AvgIpc) is 2.49. The third-order valence-corrected chi connectivity index (χ3v) is 3.61. The van der Waals surface area contributed by atoms with Crippen molar-refractivity contribution in [3.05, 3.63) is 53.1 Å². The lowest BCUT2D eigenvalue weighted by Crippen LogP contribution is -2.34. The van der Waals surface area contributed by atoms with Crippen molar-refractivity contribution < 1.29 is 0 Å². The van der Waals surface area contributed by atoms with Crippen molar-refractivity contribution in [3.63, 3.8) is 0 Å². The number of nitrogens with one attached hydrogen (secondary N) is 1. The van der Waals surface area contributed by atoms with E-state index in [4.69, 9.17) is 0 Å². The minimum Gasteiger partial charge on any atom is -0.317 e. The molecule has 98 valence electrons. The van der Waals surface area contributed by atoms with Gasteiger partial charge in [-0.25, -0.2) is 4.98 Å². The summed E-state index contributed by atoms with van der Waals surface area (Å²) in [4.78, 5) is 16.6. The molecule has 0 atom stereocenters. The van der Waals surface area contributed by atoms with Crippen molar-refractivity contribution in [3.8, 4) is 11.3 Å². The van der Waals surface area contributed by atoms with E-state index in [0.717, 1.165) is 37.2 Å². The molecule has 3 rings (SSSR count). The van der Waals surface area contributed by atoms with E-state index < -0.39 is 0 Å². The molecule has 0 saturated carbocycles. The maximum absolute atomic E-state index is 12.2. The van der Waals surface area contributed by atoms with Gasteiger partial charge in [0.15, 0.2) is 0 Å². The summed E-state index contributed by atoms with van der Waals surface area (Å²) in [6.07, 6.45) is 3.68. The lowest BCUT2D eigenvalue weighted by Gasteiger charge is -2.24. The Hall–Kier alpha value is -1.94. The van der Waals surface area contributed by atoms with Crippen LogP contribution in [0.4, 0.5) is 0 Å². The molecule has 1 aromatic heterocycles. The molecule has 19 heavy (non-hydrogen) atoms. The van der Waals surface area contributed by atoms with Gasteiger partial charge < -0.3 is 5.32 Å². The molecule has 0 radical (unpaired) electrons. The fraction of sp³-hybridized carbons (Fsp3) is 0.333. The molecule has 1 saturated heterocycles. The van der Waals surface area contributed by atoms with E-state index in [9.17, 15) is 4.79 Å². The highest BCUT2D eigenvalue weighted by Crippen LogP contribution is 2.18. The van der Waals surface area contributed by atoms with Gasteiger partial charge >= 0.3 is 0 Å². The van der Waals surface area contributed by atoms with E-state index in [1.54, 1.807) is 17.0 Å². The van der Waals surface area contributed by atoms with Crippen LogP contribution >= 0.6 is 0 Å². The number of rotatable bonds is 2. The quantitative estimate of drug-likeness (QED) is 0.890. The summed E-state index contributed by atoms with van der Waals surface area (Å²) in [6.45, 7) is 1.94. The first-order valence-corrected chi connectivity index (χ1v) is 6.69. The van der Waals surface area contributed by atoms with E-state index >= 15 is 0 Å². The minimum atomic E-state index is 0.0424. The zero-order valence-corrected chi connectivity index (χ0v) is 10.7. The fourth-order valence-corrected chi connectivity index (χ4v) is 2.54. The number of aromatic nitrogens is 2. The molecular formula is C15H17N3O. The van der Waals surface area contributed by atoms with Crippen molar-refractivity contribution in [1.82, 2.24) is 14.9 Å². The van der Waals surface area contributed by atoms with Gasteiger partial charge in [0.25, 0.3) is 5.56 Å². The highest BCUT2D eigenvalue weighted by atomic mass is 16.1. The standard InChI is InChI=1S/C15H17N3O/c19-15-10-14(12-4-2-1-3-5-12)17-11-18(15)13-6-8-16-9-7-13/h1-5,10-11,13,16H,6-9H2. The van der Waals surface area contributed by atoms with Crippen LogP contribution in [0.2, 0.25) is 0 Å². The number of benzene rings is 1. The minimum absolute atomic E-state index is 0.0424. The Morgan fingerprint density at radius 2 is 1.89 bits per heavy atom. The van der Waals surface area contributed by atoms with Gasteiger partial charge in [0.2, 0.25) is 0 Å². The zero-order chi connectivity index (χ0) is 13.1. The summed E-state index contributed by atoms with van der Waals surface area (Å²) in [5, 5.41) is 3.31. The van der Waals surface area contributed by atoms with Gasteiger partial charge in [-0.1, -0.05) is 30.3 Å². The van der Waals surface area contributed by atoms with Gasteiger partial charge in [-0.3, -0.25) is 9.36 Å². The molecular weight excluding hydrogens is 238 g/mol. The summed E-state index contributed by atoms with van der Waals surface area (Å²) in [5.74, 6) is 0. The normalized spacial score (nSPS) is 16.4. The number of hydrogen-bond acceptors (Lipinski definition) is 3. The highest BCUT2D eigenvalue weighted by Gasteiger charge is 2.16. The first-order valence-electron chi connectivity index (χ1n) is 6.69. The molecule has 0 spiro atoms. The second-order valence-electron chi connectivity index (χ2n) is 4.87. The van der Waals surface area contributed by atoms with Gasteiger partial charge in [-0.05, 0) is 25.9 Å². The Kier molecular flexibility index (Phi) is 3.42. The van der Waals surface area contributed by atoms with Crippen LogP contribution in [0.15, 0.2) is 47.5 Å². The van der Waals surface area contributed by atoms with Gasteiger partial charge in [0.05, 0.1) is 12.0 Å². The molecule has 1 fully saturated rings. The average molecular weight is 255 g/mol. The van der Waals surface area contributed by atoms with Crippen molar-refractivity contribution in [1.29, 1.82) is 0 Å². The van der Waals surface area contributed by atoms with Crippen LogP contribution in [0.1, 0.15) is 18.9 Å². The molecule has 2 aromatic rings. The Bertz CT molecular complexity index is 600. The van der Waals surface area contributed by atoms with Crippen molar-refractivity contribution in [2.45, 2.75) is 18.9 Å². The molecule has 0 aliphatic carbocycles. The number of nitrogens with zero attached hydrogens (tertiary/aromatic N) is 2. The summed E-state index contributed by atoms with van der Waals surface area (Å²) in [5.41, 5.74) is 1.77. The van der Waals surface area contributed by atoms with Crippen molar-refractivity contribution >= 4 is 0 Å². The van der Waals surface area contributed by atoms with Crippen LogP contribution in [0.5, 0.6) is 0 Å². The summed E-state index contributed by atoms with van der Waals surface area (Å²) in [7, 11) is 0. The number of piperidine rings is 1. The van der Waals surface area contributed by atoms with E-state index in [-0.39, 0.29) is 11.6 Å². The second kappa shape index (κ2) is 5.36. The van der Waals surface area contributed by atoms with Gasteiger partial charge in [0, 0.05) is 17.7 Å². The first kappa shape index (κ1) is 12.1. The summed E-state index contributed by atoms with van der Waals surface area (Å²) >= 11 is 0. The van der Waals surface area contributed by atoms with Gasteiger partial charge in [-0.2, -0.15) is 0 Å². The molecule has 1 N–H and O–H groups in total. The van der Waals surface area contributed by atoms with Gasteiger partial charge in [-0.15, -0.1) is 0 Å². The molecule has 1 aliphatic heterocycles. The van der Waals surface area contributed by atoms with Crippen LogP contribution in [0, 0.1) is 0 Å². The summed E-state index contributed by atoms with van der Waals surface area (Å²) < 4.78 is 1.77. The molecule has 0 unspecified atom stereocenters. The Labute approximate surface area is 112 Å². The molecule has 4 nitrogen and oxygen atoms in total. The third-order valence-electron chi connectivity index (χ3n) is 3.61. The molecule has 0 amide bonds. The topological polar surface area (TPSA) is 46.9 Å². The second-order valence-corrected chi connectivity index (χ2v) is 4.87. The Morgan fingerprint density at radius 1 is 1.16 bits per heavy atom. The lowest BCUT2D eigenvalue weighted by atomic mass is 10.1. The van der Waals surface area contributed by atoms with Crippen molar-refractivity contribution in [2.75, 3.05) is 13.1 Å². The predicted octanol–water partition coefficient (Wildman–Crippen LogP) is 1.83. The highest BCUT2D eigenvalue weighted by molar-refractivity contribution is 5.57. The van der Waals surface area contributed by atoms with E-state index in [1.807, 2.05) is 30.3 Å². The van der Waals surface area contributed by atoms with Crippen molar-refractivity contribution in [2.24, 2.45) is 0 Å².